The second kappa shape index (κ2) is 12.7. The maximum atomic E-state index is 15.3. The smallest absolute Gasteiger partial charge is 0.303 e. The van der Waals surface area contributed by atoms with Crippen LogP contribution in [-0.2, 0) is 37.4 Å². The number of thiol groups is 1. The van der Waals surface area contributed by atoms with E-state index in [9.17, 15) is 4.79 Å². The lowest BCUT2D eigenvalue weighted by Crippen LogP contribution is -2.80. The summed E-state index contributed by atoms with van der Waals surface area (Å²) in [6, 6.07) is 5.97. The molecular formula is C35H60O8SSi2. The highest BCUT2D eigenvalue weighted by Crippen LogP contribution is 2.67. The first-order valence-corrected chi connectivity index (χ1v) is 23.5. The molecule has 46 heavy (non-hydrogen) atoms. The number of fused-ring (bicyclic) bond motifs is 5. The van der Waals surface area contributed by atoms with Crippen molar-refractivity contribution < 1.29 is 37.4 Å². The highest BCUT2D eigenvalue weighted by Gasteiger charge is 2.78. The number of ketones is 1. The second-order valence-electron chi connectivity index (χ2n) is 15.5. The fourth-order valence-corrected chi connectivity index (χ4v) is 16.3. The zero-order chi connectivity index (χ0) is 34.1. The van der Waals surface area contributed by atoms with Crippen molar-refractivity contribution in [2.75, 3.05) is 6.61 Å². The molecule has 0 aromatic rings. The predicted molar refractivity (Wildman–Crippen MR) is 187 cm³/mol. The molecule has 0 aromatic carbocycles. The van der Waals surface area contributed by atoms with Gasteiger partial charge in [-0.15, -0.1) is 12.6 Å². The number of esters is 1. The predicted octanol–water partition coefficient (Wildman–Crippen LogP) is 7.58. The highest BCUT2D eigenvalue weighted by molar-refractivity contribution is 7.80. The van der Waals surface area contributed by atoms with Crippen LogP contribution in [0.5, 0.6) is 0 Å². The third-order valence-electron chi connectivity index (χ3n) is 13.8. The van der Waals surface area contributed by atoms with Crippen molar-refractivity contribution in [3.63, 3.8) is 0 Å². The molecule has 0 amide bonds. The molecule has 2 bridgehead atoms. The normalized spacial score (nSPS) is 40.3. The standard InChI is InChI=1S/C35H60O8SSi2/c1-12-45(13-2,14-3)42-25-20-35-30(39-31(44)41-35)29-33(11,26(37)18-24(22(25)7)32(35,9)10)27(43-46(15-4,16-5)17-6)19-28-34(29,21-38-28)40-23(8)36/h25,27-31,44H,12-21H2,1-11H3/t25-,27-,28+,29?,30-,31?,33+,34-,35+/m0/s1. The van der Waals surface area contributed by atoms with Crippen molar-refractivity contribution in [1.29, 1.82) is 0 Å². The molecule has 9 atom stereocenters. The monoisotopic (exact) mass is 696 g/mol. The number of hydrogen-bond acceptors (Lipinski definition) is 9. The fourth-order valence-electron chi connectivity index (χ4n) is 10.2. The number of carbonyl (C=O) groups excluding carboxylic acids is 2. The van der Waals surface area contributed by atoms with Gasteiger partial charge in [-0.2, -0.15) is 0 Å². The average Bonchev–Trinajstić information content (AvgIpc) is 3.35. The molecule has 2 saturated heterocycles. The van der Waals surface area contributed by atoms with Gasteiger partial charge in [0.25, 0.3) is 0 Å². The Balaban J connectivity index is 1.76. The maximum absolute atomic E-state index is 15.3. The van der Waals surface area contributed by atoms with E-state index in [0.29, 0.717) is 12.8 Å². The largest absolute Gasteiger partial charge is 0.454 e. The van der Waals surface area contributed by atoms with Crippen LogP contribution in [0.4, 0.5) is 0 Å². The van der Waals surface area contributed by atoms with E-state index in [-0.39, 0.29) is 30.9 Å². The molecule has 2 aliphatic heterocycles. The Morgan fingerprint density at radius 3 is 2.02 bits per heavy atom. The summed E-state index contributed by atoms with van der Waals surface area (Å²) in [5.41, 5.74) is -2.11. The third kappa shape index (κ3) is 5.14. The molecule has 8 nitrogen and oxygen atoms in total. The van der Waals surface area contributed by atoms with Crippen LogP contribution >= 0.6 is 12.6 Å². The SMILES string of the molecule is CC[Si](CC)(CC)O[C@H]1C[C@@]23OC(S)O[C@H]2C2[C@](C)(C(=O)CC(=C1C)C3(C)C)[C@@H](O[Si](CC)(CC)CC)C[C@H]1OC[C@@]21OC(C)=O. The Bertz CT molecular complexity index is 1220. The Morgan fingerprint density at radius 2 is 1.52 bits per heavy atom. The third-order valence-corrected chi connectivity index (χ3v) is 23.4. The summed E-state index contributed by atoms with van der Waals surface area (Å²) in [4.78, 5) is 28.2. The molecule has 1 spiro atoms. The van der Waals surface area contributed by atoms with E-state index in [1.165, 1.54) is 6.92 Å². The van der Waals surface area contributed by atoms with E-state index in [1.54, 1.807) is 0 Å². The number of Topliss-reactive ketones (excluding diaryl/α,β-unsaturated/α-hetero) is 1. The molecule has 3 aliphatic carbocycles. The van der Waals surface area contributed by atoms with Gasteiger partial charge in [0.15, 0.2) is 22.2 Å². The molecule has 262 valence electrons. The summed E-state index contributed by atoms with van der Waals surface area (Å²) in [6.45, 7) is 23.7. The summed E-state index contributed by atoms with van der Waals surface area (Å²) in [7, 11) is -4.21. The molecule has 0 aromatic heterocycles. The van der Waals surface area contributed by atoms with Gasteiger partial charge in [-0.1, -0.05) is 61.0 Å². The molecule has 0 radical (unpaired) electrons. The zero-order valence-electron chi connectivity index (χ0n) is 30.2. The molecule has 0 N–H and O–H groups in total. The van der Waals surface area contributed by atoms with Gasteiger partial charge in [-0.25, -0.2) is 0 Å². The van der Waals surface area contributed by atoms with Gasteiger partial charge in [-0.3, -0.25) is 9.59 Å². The van der Waals surface area contributed by atoms with E-state index in [0.717, 1.165) is 47.4 Å². The summed E-state index contributed by atoms with van der Waals surface area (Å²) in [6.07, 6.45) is -0.286. The fraction of sp³-hybridized carbons (Fsp3) is 0.886. The lowest BCUT2D eigenvalue weighted by atomic mass is 9.45. The van der Waals surface area contributed by atoms with Crippen LogP contribution in [0.15, 0.2) is 11.1 Å². The van der Waals surface area contributed by atoms with Gasteiger partial charge in [0.2, 0.25) is 5.62 Å². The van der Waals surface area contributed by atoms with Crippen molar-refractivity contribution >= 4 is 41.0 Å². The minimum atomic E-state index is -2.17. The van der Waals surface area contributed by atoms with Gasteiger partial charge in [0, 0.05) is 37.5 Å². The lowest BCUT2D eigenvalue weighted by Gasteiger charge is -2.67. The number of rotatable bonds is 11. The molecule has 2 saturated carbocycles. The number of hydrogen-bond donors (Lipinski definition) is 1. The molecule has 4 fully saturated rings. The molecule has 5 aliphatic rings. The summed E-state index contributed by atoms with van der Waals surface area (Å²) < 4.78 is 41.0. The minimum Gasteiger partial charge on any atom is -0.454 e. The van der Waals surface area contributed by atoms with Crippen molar-refractivity contribution in [3.05, 3.63) is 11.1 Å². The summed E-state index contributed by atoms with van der Waals surface area (Å²) in [5, 5.41) is 0. The van der Waals surface area contributed by atoms with Crippen LogP contribution in [0.3, 0.4) is 0 Å². The van der Waals surface area contributed by atoms with Gasteiger partial charge in [-0.05, 0) is 55.7 Å². The van der Waals surface area contributed by atoms with E-state index >= 15 is 4.79 Å². The first-order chi connectivity index (χ1) is 21.5. The Kier molecular flexibility index (Phi) is 10.1. The highest BCUT2D eigenvalue weighted by atomic mass is 32.1. The Hall–Kier alpha value is -0.536. The average molecular weight is 697 g/mol. The van der Waals surface area contributed by atoms with E-state index in [1.807, 2.05) is 0 Å². The summed E-state index contributed by atoms with van der Waals surface area (Å²) in [5.74, 6) is -0.836. The van der Waals surface area contributed by atoms with Crippen LogP contribution in [0.2, 0.25) is 36.3 Å². The van der Waals surface area contributed by atoms with Crippen LogP contribution < -0.4 is 0 Å². The summed E-state index contributed by atoms with van der Waals surface area (Å²) >= 11 is 4.82. The van der Waals surface area contributed by atoms with Crippen molar-refractivity contribution in [3.8, 4) is 0 Å². The molecule has 2 heterocycles. The zero-order valence-corrected chi connectivity index (χ0v) is 33.1. The van der Waals surface area contributed by atoms with Gasteiger partial charge < -0.3 is 27.8 Å². The van der Waals surface area contributed by atoms with Crippen LogP contribution in [0.1, 0.15) is 95.4 Å². The molecular weight excluding hydrogens is 637 g/mol. The van der Waals surface area contributed by atoms with Crippen LogP contribution in [0.25, 0.3) is 0 Å². The Labute approximate surface area is 285 Å². The van der Waals surface area contributed by atoms with Crippen LogP contribution in [0, 0.1) is 16.7 Å². The molecule has 2 unspecified atom stereocenters. The first-order valence-electron chi connectivity index (χ1n) is 18.0. The van der Waals surface area contributed by atoms with Crippen molar-refractivity contribution in [2.24, 2.45) is 16.7 Å². The van der Waals surface area contributed by atoms with Crippen molar-refractivity contribution in [1.82, 2.24) is 0 Å². The quantitative estimate of drug-likeness (QED) is 0.102. The van der Waals surface area contributed by atoms with Gasteiger partial charge in [0.05, 0.1) is 30.3 Å². The van der Waals surface area contributed by atoms with E-state index in [4.69, 9.17) is 40.4 Å². The lowest BCUT2D eigenvalue weighted by molar-refractivity contribution is -0.335. The van der Waals surface area contributed by atoms with Crippen LogP contribution in [-0.4, -0.2) is 76.2 Å². The molecule has 11 heteroatoms. The van der Waals surface area contributed by atoms with Gasteiger partial charge >= 0.3 is 5.97 Å². The minimum absolute atomic E-state index is 0.110. The Morgan fingerprint density at radius 1 is 0.957 bits per heavy atom. The number of ether oxygens (including phenoxy) is 4. The van der Waals surface area contributed by atoms with E-state index in [2.05, 4.69) is 69.2 Å². The first kappa shape index (κ1) is 36.7. The van der Waals surface area contributed by atoms with E-state index < -0.39 is 68.5 Å². The second-order valence-corrected chi connectivity index (χ2v) is 25.4. The molecule has 5 rings (SSSR count). The maximum Gasteiger partial charge on any atom is 0.303 e. The van der Waals surface area contributed by atoms with Crippen molar-refractivity contribution in [2.45, 2.75) is 173 Å². The number of carbonyl (C=O) groups is 2. The van der Waals surface area contributed by atoms with Gasteiger partial charge in [0.1, 0.15) is 17.5 Å². The topological polar surface area (TPSA) is 89.5 Å².